The lowest BCUT2D eigenvalue weighted by Crippen LogP contribution is -2.54. The van der Waals surface area contributed by atoms with Crippen molar-refractivity contribution in [3.05, 3.63) is 12.1 Å². The summed E-state index contributed by atoms with van der Waals surface area (Å²) >= 11 is 0. The van der Waals surface area contributed by atoms with Crippen LogP contribution < -0.4 is 5.43 Å². The minimum atomic E-state index is -3.98. The molecule has 6 rings (SSSR count). The number of rotatable bonds is 6. The molecule has 2 aromatic rings. The van der Waals surface area contributed by atoms with Gasteiger partial charge < -0.3 is 0 Å². The molecule has 42 heavy (non-hydrogen) atoms. The predicted molar refractivity (Wildman–Crippen MR) is 160 cm³/mol. The molecule has 13 heteroatoms. The summed E-state index contributed by atoms with van der Waals surface area (Å²) in [6, 6.07) is 3.16. The molecule has 11 nitrogen and oxygen atoms in total. The van der Waals surface area contributed by atoms with Gasteiger partial charge in [0.25, 0.3) is 10.1 Å². The summed E-state index contributed by atoms with van der Waals surface area (Å²) in [5.41, 5.74) is 5.47. The Morgan fingerprint density at radius 2 is 1.67 bits per heavy atom. The highest BCUT2D eigenvalue weighted by Crippen LogP contribution is 2.67. The molecule has 0 amide bonds. The fourth-order valence-corrected chi connectivity index (χ4v) is 11.6. The van der Waals surface area contributed by atoms with E-state index in [1.165, 1.54) is 20.2 Å². The van der Waals surface area contributed by atoms with Crippen molar-refractivity contribution in [1.29, 1.82) is 0 Å². The number of aromatic nitrogens is 2. The van der Waals surface area contributed by atoms with E-state index in [0.29, 0.717) is 53.6 Å². The van der Waals surface area contributed by atoms with Gasteiger partial charge in [-0.3, -0.25) is 9.98 Å². The summed E-state index contributed by atoms with van der Waals surface area (Å²) in [6.45, 7) is 6.92. The van der Waals surface area contributed by atoms with E-state index in [2.05, 4.69) is 36.5 Å². The molecule has 4 saturated carbocycles. The number of benzene rings is 1. The van der Waals surface area contributed by atoms with Gasteiger partial charge in [0, 0.05) is 25.7 Å². The summed E-state index contributed by atoms with van der Waals surface area (Å²) in [7, 11) is -4.76. The largest absolute Gasteiger partial charge is 0.285 e. The van der Waals surface area contributed by atoms with Gasteiger partial charge in [-0.25, -0.2) is 17.4 Å². The van der Waals surface area contributed by atoms with Crippen LogP contribution in [0.5, 0.6) is 0 Å². The number of fused-ring (bicyclic) bond motifs is 6. The number of nitrogens with one attached hydrogen (secondary N) is 1. The van der Waals surface area contributed by atoms with Crippen LogP contribution >= 0.6 is 0 Å². The second-order valence-electron chi connectivity index (χ2n) is 14.0. The smallest absolute Gasteiger partial charge is 0.267 e. The molecule has 1 heterocycles. The van der Waals surface area contributed by atoms with E-state index in [4.69, 9.17) is 9.73 Å². The highest BCUT2D eigenvalue weighted by Gasteiger charge is 2.61. The highest BCUT2D eigenvalue weighted by molar-refractivity contribution is 7.89. The normalized spacial score (nSPS) is 37.4. The Labute approximate surface area is 248 Å². The maximum Gasteiger partial charge on any atom is 0.267 e. The zero-order valence-electron chi connectivity index (χ0n) is 25.1. The molecule has 8 atom stereocenters. The van der Waals surface area contributed by atoms with Crippen molar-refractivity contribution < 1.29 is 26.0 Å². The molecule has 1 aromatic heterocycles. The Hall–Kier alpha value is -2.09. The predicted octanol–water partition coefficient (Wildman–Crippen LogP) is 5.18. The maximum atomic E-state index is 12.8. The summed E-state index contributed by atoms with van der Waals surface area (Å²) in [5.74, 6) is 2.51. The first-order valence-electron chi connectivity index (χ1n) is 15.1. The lowest BCUT2D eigenvalue weighted by molar-refractivity contribution is -0.106. The van der Waals surface area contributed by atoms with Crippen molar-refractivity contribution in [2.45, 2.75) is 88.7 Å². The minimum Gasteiger partial charge on any atom is -0.285 e. The average molecular weight is 622 g/mol. The monoisotopic (exact) mass is 621 g/mol. The Balaban J connectivity index is 1.20. The fourth-order valence-electron chi connectivity index (χ4n) is 9.74. The molecule has 4 aliphatic rings. The van der Waals surface area contributed by atoms with E-state index < -0.39 is 25.4 Å². The first-order valence-corrected chi connectivity index (χ1v) is 18.1. The number of hydrogen-bond acceptors (Lipinski definition) is 9. The van der Waals surface area contributed by atoms with Crippen molar-refractivity contribution in [2.24, 2.45) is 45.5 Å². The molecule has 0 unspecified atom stereocenters. The molecule has 0 spiro atoms. The van der Waals surface area contributed by atoms with Crippen molar-refractivity contribution in [3.63, 3.8) is 0 Å². The number of hydrogen-bond donors (Lipinski definition) is 2. The van der Waals surface area contributed by atoms with Gasteiger partial charge in [-0.05, 0) is 122 Å². The van der Waals surface area contributed by atoms with Crippen LogP contribution in [0.1, 0.15) is 78.6 Å². The third kappa shape index (κ3) is 4.60. The van der Waals surface area contributed by atoms with Crippen LogP contribution in [-0.2, 0) is 20.1 Å². The van der Waals surface area contributed by atoms with Crippen LogP contribution in [0.15, 0.2) is 26.8 Å². The van der Waals surface area contributed by atoms with Crippen LogP contribution in [-0.4, -0.2) is 61.1 Å². The standard InChI is InChI=1S/C29H43N5O6S2/c1-17(30-31-24-10-11-25(41(35,36)34(4)5)27-26(24)32-40-33-27)21-8-9-22-20-7-6-18-16-19(42(37,38)39)12-14-28(18,2)23(20)13-15-29(21,22)3/h10-11,18-23,31H,6-9,12-16H2,1-5H3,(H,37,38,39)/b30-17+/t18-,19-,20+,21-,22+,23+,28+,29-/m1/s1. The number of nitrogens with zero attached hydrogens (tertiary/aromatic N) is 4. The lowest BCUT2D eigenvalue weighted by Gasteiger charge is -2.61. The minimum absolute atomic E-state index is 0.0350. The van der Waals surface area contributed by atoms with Crippen molar-refractivity contribution in [3.8, 4) is 0 Å². The van der Waals surface area contributed by atoms with Gasteiger partial charge in [0.05, 0.1) is 10.9 Å². The topological polar surface area (TPSA) is 155 Å². The van der Waals surface area contributed by atoms with Gasteiger partial charge in [-0.2, -0.15) is 13.5 Å². The lowest BCUT2D eigenvalue weighted by atomic mass is 9.44. The van der Waals surface area contributed by atoms with Crippen LogP contribution in [0, 0.1) is 40.4 Å². The van der Waals surface area contributed by atoms with Crippen LogP contribution in [0.2, 0.25) is 0 Å². The summed E-state index contributed by atoms with van der Waals surface area (Å²) in [4.78, 5) is 0.0350. The second-order valence-corrected chi connectivity index (χ2v) is 17.8. The van der Waals surface area contributed by atoms with E-state index >= 15 is 0 Å². The number of anilines is 1. The van der Waals surface area contributed by atoms with E-state index in [0.717, 1.165) is 55.0 Å². The first kappa shape index (κ1) is 30.0. The number of sulfonamides is 1. The maximum absolute atomic E-state index is 12.8. The molecular weight excluding hydrogens is 578 g/mol. The van der Waals surface area contributed by atoms with E-state index in [1.807, 2.05) is 0 Å². The SMILES string of the molecule is C/C(=N\Nc1ccc(S(=O)(=O)N(C)C)c2nonc12)[C@H]1CC[C@H]2[C@@H]3CC[C@@H]4C[C@H](S(=O)(=O)O)CC[C@]4(C)[C@H]3CC[C@]12C. The summed E-state index contributed by atoms with van der Waals surface area (Å²) < 4.78 is 65.1. The van der Waals surface area contributed by atoms with Gasteiger partial charge in [0.2, 0.25) is 10.0 Å². The van der Waals surface area contributed by atoms with Crippen molar-refractivity contribution in [1.82, 2.24) is 14.6 Å². The van der Waals surface area contributed by atoms with Gasteiger partial charge >= 0.3 is 0 Å². The molecule has 4 fully saturated rings. The molecule has 0 radical (unpaired) electrons. The third-order valence-corrected chi connectivity index (χ3v) is 15.2. The molecule has 0 saturated heterocycles. The van der Waals surface area contributed by atoms with Crippen molar-refractivity contribution in [2.75, 3.05) is 19.5 Å². The fraction of sp³-hybridized carbons (Fsp3) is 0.759. The van der Waals surface area contributed by atoms with Crippen LogP contribution in [0.3, 0.4) is 0 Å². The molecule has 1 aromatic carbocycles. The van der Waals surface area contributed by atoms with E-state index in [-0.39, 0.29) is 21.2 Å². The van der Waals surface area contributed by atoms with Gasteiger partial charge in [-0.1, -0.05) is 13.8 Å². The molecule has 2 N–H and O–H groups in total. The van der Waals surface area contributed by atoms with Crippen molar-refractivity contribution >= 4 is 42.6 Å². The molecule has 0 aliphatic heterocycles. The zero-order chi connectivity index (χ0) is 30.2. The Morgan fingerprint density at radius 3 is 2.38 bits per heavy atom. The van der Waals surface area contributed by atoms with Crippen LogP contribution in [0.25, 0.3) is 11.0 Å². The molecule has 4 aliphatic carbocycles. The Bertz CT molecular complexity index is 1620. The first-order chi connectivity index (χ1) is 19.7. The Morgan fingerprint density at radius 1 is 0.976 bits per heavy atom. The average Bonchev–Trinajstić information content (AvgIpc) is 3.55. The van der Waals surface area contributed by atoms with E-state index in [1.54, 1.807) is 6.07 Å². The quantitative estimate of drug-likeness (QED) is 0.252. The van der Waals surface area contributed by atoms with Gasteiger partial charge in [0.1, 0.15) is 4.90 Å². The third-order valence-electron chi connectivity index (χ3n) is 12.0. The van der Waals surface area contributed by atoms with Gasteiger partial charge in [-0.15, -0.1) is 0 Å². The molecule has 0 bridgehead atoms. The summed E-state index contributed by atoms with van der Waals surface area (Å²) in [6.07, 6.45) is 8.71. The second kappa shape index (κ2) is 10.2. The Kier molecular flexibility index (Phi) is 7.30. The zero-order valence-corrected chi connectivity index (χ0v) is 26.7. The summed E-state index contributed by atoms with van der Waals surface area (Å²) in [5, 5.41) is 12.0. The van der Waals surface area contributed by atoms with Crippen LogP contribution in [0.4, 0.5) is 5.69 Å². The van der Waals surface area contributed by atoms with E-state index in [9.17, 15) is 21.4 Å². The number of hydrazone groups is 1. The molecule has 232 valence electrons. The molecular formula is C29H43N5O6S2. The highest BCUT2D eigenvalue weighted by atomic mass is 32.2. The van der Waals surface area contributed by atoms with Gasteiger partial charge in [0.15, 0.2) is 11.0 Å².